The highest BCUT2D eigenvalue weighted by atomic mass is 16.6. The zero-order chi connectivity index (χ0) is 28.9. The van der Waals surface area contributed by atoms with Gasteiger partial charge in [-0.25, -0.2) is 4.79 Å². The number of carbonyl (C=O) groups is 4. The van der Waals surface area contributed by atoms with Crippen LogP contribution in [-0.4, -0.2) is 110 Å². The molecule has 0 aromatic carbocycles. The summed E-state index contributed by atoms with van der Waals surface area (Å²) >= 11 is 0. The molecule has 3 rings (SSSR count). The summed E-state index contributed by atoms with van der Waals surface area (Å²) in [5, 5.41) is 44.6. The number of carboxylic acid groups (broad SMARTS) is 1. The molecule has 3 aromatic heterocycles. The van der Waals surface area contributed by atoms with Crippen LogP contribution in [0.15, 0.2) is 18.2 Å². The van der Waals surface area contributed by atoms with Gasteiger partial charge >= 0.3 is 11.8 Å². The molecule has 0 saturated carbocycles. The fraction of sp³-hybridized carbons (Fsp3) is 0.350. The van der Waals surface area contributed by atoms with Crippen molar-refractivity contribution in [1.29, 1.82) is 0 Å². The molecule has 0 radical (unpaired) electrons. The number of nitrogens with one attached hydrogen (secondary N) is 6. The minimum atomic E-state index is -1.06. The Hall–Kier alpha value is -5.21. The van der Waals surface area contributed by atoms with Crippen molar-refractivity contribution in [2.45, 2.75) is 0 Å². The SMILES string of the molecule is O=C(O)COCCOCCOCCNC(=O)c1cc(NC(=O)c2cc(NC(=O)c3cc([N+](=O)[O-])n[nH]3)n[nH]2)n[nH]1. The number of H-pyrrole nitrogens is 3. The smallest absolute Gasteiger partial charge is 0.390 e. The molecule has 0 aliphatic carbocycles. The Labute approximate surface area is 223 Å². The molecule has 20 heteroatoms. The molecule has 7 N–H and O–H groups in total. The van der Waals surface area contributed by atoms with E-state index in [9.17, 15) is 29.3 Å². The number of hydrogen-bond donors (Lipinski definition) is 7. The maximum absolute atomic E-state index is 12.4. The normalized spacial score (nSPS) is 10.7. The highest BCUT2D eigenvalue weighted by molar-refractivity contribution is 6.05. The van der Waals surface area contributed by atoms with E-state index in [1.807, 2.05) is 0 Å². The number of rotatable bonds is 17. The van der Waals surface area contributed by atoms with Gasteiger partial charge in [0.25, 0.3) is 17.7 Å². The van der Waals surface area contributed by atoms with E-state index in [0.29, 0.717) is 0 Å². The molecule has 40 heavy (non-hydrogen) atoms. The third-order valence-electron chi connectivity index (χ3n) is 4.63. The first-order chi connectivity index (χ1) is 19.2. The summed E-state index contributed by atoms with van der Waals surface area (Å²) in [6, 6.07) is 3.46. The number of ether oxygens (including phenoxy) is 3. The molecule has 0 saturated heterocycles. The second-order valence-corrected chi connectivity index (χ2v) is 7.57. The number of carboxylic acids is 1. The topological polar surface area (TPSA) is 281 Å². The standard InChI is InChI=1S/C20H24N10O10/c31-17(32)10-40-6-5-39-4-3-38-2-1-21-18(33)11-7-14(27-24-11)22-19(34)12-8-15(28-25-12)23-20(35)13-9-16(29-26-13)30(36)37/h7-9H,1-6,10H2,(H,21,33)(H,26,29)(H,31,32)(H2,22,24,27,34)(H2,23,25,28,35). The van der Waals surface area contributed by atoms with E-state index in [1.54, 1.807) is 0 Å². The van der Waals surface area contributed by atoms with E-state index in [4.69, 9.17) is 19.3 Å². The van der Waals surface area contributed by atoms with Crippen molar-refractivity contribution in [1.82, 2.24) is 35.9 Å². The van der Waals surface area contributed by atoms with Crippen molar-refractivity contribution in [2.24, 2.45) is 0 Å². The molecule has 0 bridgehead atoms. The number of hydrogen-bond acceptors (Lipinski definition) is 12. The van der Waals surface area contributed by atoms with Crippen LogP contribution in [0.25, 0.3) is 0 Å². The maximum atomic E-state index is 12.4. The van der Waals surface area contributed by atoms with Crippen molar-refractivity contribution >= 4 is 41.1 Å². The lowest BCUT2D eigenvalue weighted by Crippen LogP contribution is -2.28. The number of nitro groups is 1. The zero-order valence-electron chi connectivity index (χ0n) is 20.6. The number of aliphatic carboxylic acids is 1. The summed E-state index contributed by atoms with van der Waals surface area (Å²) < 4.78 is 15.3. The molecule has 214 valence electrons. The van der Waals surface area contributed by atoms with Gasteiger partial charge < -0.3 is 45.4 Å². The van der Waals surface area contributed by atoms with E-state index < -0.39 is 34.4 Å². The van der Waals surface area contributed by atoms with Crippen LogP contribution in [0.2, 0.25) is 0 Å². The number of carbonyl (C=O) groups excluding carboxylic acids is 3. The number of aromatic nitrogens is 6. The Bertz CT molecular complexity index is 1330. The van der Waals surface area contributed by atoms with Crippen molar-refractivity contribution in [3.63, 3.8) is 0 Å². The first kappa shape index (κ1) is 29.3. The summed E-state index contributed by atoms with van der Waals surface area (Å²) in [7, 11) is 0. The summed E-state index contributed by atoms with van der Waals surface area (Å²) in [5.74, 6) is -3.51. The number of nitrogens with zero attached hydrogens (tertiary/aromatic N) is 4. The van der Waals surface area contributed by atoms with Gasteiger partial charge in [0.05, 0.1) is 44.2 Å². The second kappa shape index (κ2) is 14.7. The van der Waals surface area contributed by atoms with E-state index in [2.05, 4.69) is 46.5 Å². The molecule has 0 unspecified atom stereocenters. The zero-order valence-corrected chi connectivity index (χ0v) is 20.6. The van der Waals surface area contributed by atoms with Gasteiger partial charge in [-0.1, -0.05) is 0 Å². The Balaban J connectivity index is 1.34. The molecule has 0 aliphatic rings. The van der Waals surface area contributed by atoms with Gasteiger partial charge in [-0.15, -0.1) is 0 Å². The van der Waals surface area contributed by atoms with E-state index >= 15 is 0 Å². The third-order valence-corrected chi connectivity index (χ3v) is 4.63. The van der Waals surface area contributed by atoms with Gasteiger partial charge in [-0.3, -0.25) is 24.6 Å². The third kappa shape index (κ3) is 9.27. The van der Waals surface area contributed by atoms with Gasteiger partial charge in [0.15, 0.2) is 17.3 Å². The summed E-state index contributed by atoms with van der Waals surface area (Å²) in [4.78, 5) is 57.0. The monoisotopic (exact) mass is 564 g/mol. The van der Waals surface area contributed by atoms with Crippen LogP contribution in [-0.2, 0) is 19.0 Å². The van der Waals surface area contributed by atoms with Crippen LogP contribution in [0, 0.1) is 10.1 Å². The second-order valence-electron chi connectivity index (χ2n) is 7.57. The van der Waals surface area contributed by atoms with E-state index in [0.717, 1.165) is 6.07 Å². The van der Waals surface area contributed by atoms with E-state index in [-0.39, 0.29) is 74.9 Å². The van der Waals surface area contributed by atoms with Crippen molar-refractivity contribution in [3.8, 4) is 0 Å². The van der Waals surface area contributed by atoms with Gasteiger partial charge in [0, 0.05) is 18.7 Å². The molecule has 3 amide bonds. The van der Waals surface area contributed by atoms with Gasteiger partial charge in [0.2, 0.25) is 0 Å². The Morgan fingerprint density at radius 3 is 1.82 bits per heavy atom. The van der Waals surface area contributed by atoms with Crippen LogP contribution >= 0.6 is 0 Å². The minimum absolute atomic E-state index is 0.0342. The summed E-state index contributed by atoms with van der Waals surface area (Å²) in [6.07, 6.45) is 0. The number of anilines is 2. The summed E-state index contributed by atoms with van der Waals surface area (Å²) in [5.41, 5.74) is -0.152. The quantitative estimate of drug-likeness (QED) is 0.0597. The predicted octanol–water partition coefficient (Wildman–Crippen LogP) is -0.867. The Kier molecular flexibility index (Phi) is 10.8. The van der Waals surface area contributed by atoms with Crippen molar-refractivity contribution in [3.05, 3.63) is 45.4 Å². The number of aromatic amines is 3. The largest absolute Gasteiger partial charge is 0.480 e. The first-order valence-electron chi connectivity index (χ1n) is 11.4. The fourth-order valence-corrected chi connectivity index (χ4v) is 2.82. The molecule has 0 aliphatic heterocycles. The first-order valence-corrected chi connectivity index (χ1v) is 11.4. The highest BCUT2D eigenvalue weighted by Crippen LogP contribution is 2.13. The van der Waals surface area contributed by atoms with Gasteiger partial charge in [-0.2, -0.15) is 15.3 Å². The van der Waals surface area contributed by atoms with Gasteiger partial charge in [0.1, 0.15) is 18.0 Å². The highest BCUT2D eigenvalue weighted by Gasteiger charge is 2.19. The number of amides is 3. The molecule has 3 aromatic rings. The van der Waals surface area contributed by atoms with Crippen LogP contribution in [0.3, 0.4) is 0 Å². The Morgan fingerprint density at radius 2 is 1.27 bits per heavy atom. The molecule has 0 spiro atoms. The Morgan fingerprint density at radius 1 is 0.775 bits per heavy atom. The molecular weight excluding hydrogens is 540 g/mol. The lowest BCUT2D eigenvalue weighted by Gasteiger charge is -2.06. The average Bonchev–Trinajstić information content (AvgIpc) is 3.68. The lowest BCUT2D eigenvalue weighted by molar-refractivity contribution is -0.389. The molecule has 20 nitrogen and oxygen atoms in total. The molecular formula is C20H24N10O10. The fourth-order valence-electron chi connectivity index (χ4n) is 2.82. The molecule has 0 atom stereocenters. The summed E-state index contributed by atoms with van der Waals surface area (Å²) in [6.45, 7) is 0.923. The van der Waals surface area contributed by atoms with Crippen LogP contribution in [0.5, 0.6) is 0 Å². The molecule has 0 fully saturated rings. The predicted molar refractivity (Wildman–Crippen MR) is 131 cm³/mol. The minimum Gasteiger partial charge on any atom is -0.480 e. The van der Waals surface area contributed by atoms with Crippen LogP contribution < -0.4 is 16.0 Å². The van der Waals surface area contributed by atoms with Gasteiger partial charge in [-0.05, 0) is 4.92 Å². The lowest BCUT2D eigenvalue weighted by atomic mass is 10.3. The maximum Gasteiger partial charge on any atom is 0.390 e. The van der Waals surface area contributed by atoms with Crippen LogP contribution in [0.4, 0.5) is 17.5 Å². The van der Waals surface area contributed by atoms with E-state index in [1.165, 1.54) is 12.1 Å². The van der Waals surface area contributed by atoms with Crippen molar-refractivity contribution < 1.29 is 43.4 Å². The van der Waals surface area contributed by atoms with Crippen molar-refractivity contribution in [2.75, 3.05) is 56.8 Å². The average molecular weight is 564 g/mol. The molecule has 3 heterocycles. The van der Waals surface area contributed by atoms with Crippen LogP contribution in [0.1, 0.15) is 31.5 Å².